The minimum absolute atomic E-state index is 0.000392. The summed E-state index contributed by atoms with van der Waals surface area (Å²) >= 11 is 0. The van der Waals surface area contributed by atoms with Crippen LogP contribution in [0.2, 0.25) is 0 Å². The zero-order valence-electron chi connectivity index (χ0n) is 13.7. The zero-order valence-corrected chi connectivity index (χ0v) is 14.5. The van der Waals surface area contributed by atoms with Gasteiger partial charge in [0.05, 0.1) is 23.3 Å². The SMILES string of the molecule is COc1ccccc1NC(=O)COC(=O)c1cccc(S(C)(=O)=O)c1. The second-order valence-corrected chi connectivity index (χ2v) is 7.14. The van der Waals surface area contributed by atoms with Gasteiger partial charge in [0, 0.05) is 6.26 Å². The average Bonchev–Trinajstić information content (AvgIpc) is 2.59. The highest BCUT2D eigenvalue weighted by molar-refractivity contribution is 7.90. The van der Waals surface area contributed by atoms with Gasteiger partial charge in [0.25, 0.3) is 5.91 Å². The summed E-state index contributed by atoms with van der Waals surface area (Å²) in [6, 6.07) is 12.2. The Morgan fingerprint density at radius 3 is 2.48 bits per heavy atom. The van der Waals surface area contributed by atoms with Gasteiger partial charge in [-0.15, -0.1) is 0 Å². The van der Waals surface area contributed by atoms with Crippen LogP contribution in [0, 0.1) is 0 Å². The number of hydrogen-bond acceptors (Lipinski definition) is 6. The quantitative estimate of drug-likeness (QED) is 0.787. The molecule has 0 saturated carbocycles. The molecule has 25 heavy (non-hydrogen) atoms. The molecule has 0 radical (unpaired) electrons. The molecule has 0 bridgehead atoms. The topological polar surface area (TPSA) is 98.8 Å². The molecule has 0 fully saturated rings. The molecule has 0 aromatic heterocycles. The van der Waals surface area contributed by atoms with E-state index in [1.165, 1.54) is 31.4 Å². The van der Waals surface area contributed by atoms with Crippen LogP contribution >= 0.6 is 0 Å². The number of carbonyl (C=O) groups is 2. The van der Waals surface area contributed by atoms with Gasteiger partial charge in [-0.3, -0.25) is 4.79 Å². The summed E-state index contributed by atoms with van der Waals surface area (Å²) in [6.45, 7) is -0.514. The monoisotopic (exact) mass is 363 g/mol. The number of hydrogen-bond donors (Lipinski definition) is 1. The smallest absolute Gasteiger partial charge is 0.338 e. The summed E-state index contributed by atoms with van der Waals surface area (Å²) in [7, 11) is -1.97. The lowest BCUT2D eigenvalue weighted by Gasteiger charge is -2.10. The van der Waals surface area contributed by atoms with Gasteiger partial charge >= 0.3 is 5.97 Å². The van der Waals surface area contributed by atoms with Gasteiger partial charge in [-0.05, 0) is 30.3 Å². The molecule has 2 rings (SSSR count). The molecule has 0 heterocycles. The summed E-state index contributed by atoms with van der Waals surface area (Å²) < 4.78 is 33.0. The molecule has 0 aliphatic carbocycles. The Hall–Kier alpha value is -2.87. The number of amides is 1. The molecular formula is C17H17NO6S. The first-order chi connectivity index (χ1) is 11.8. The highest BCUT2D eigenvalue weighted by Crippen LogP contribution is 2.22. The minimum atomic E-state index is -3.44. The summed E-state index contributed by atoms with van der Waals surface area (Å²) in [4.78, 5) is 23.9. The van der Waals surface area contributed by atoms with Crippen molar-refractivity contribution in [2.24, 2.45) is 0 Å². The third-order valence-corrected chi connectivity index (χ3v) is 4.32. The summed E-state index contributed by atoms with van der Waals surface area (Å²) in [5, 5.41) is 2.57. The van der Waals surface area contributed by atoms with E-state index in [0.29, 0.717) is 11.4 Å². The summed E-state index contributed by atoms with van der Waals surface area (Å²) in [6.07, 6.45) is 1.04. The van der Waals surface area contributed by atoms with E-state index < -0.39 is 28.3 Å². The molecule has 0 unspecified atom stereocenters. The predicted octanol–water partition coefficient (Wildman–Crippen LogP) is 1.89. The van der Waals surface area contributed by atoms with E-state index in [1.54, 1.807) is 24.3 Å². The molecule has 0 aliphatic heterocycles. The van der Waals surface area contributed by atoms with Crippen molar-refractivity contribution in [3.8, 4) is 5.75 Å². The second-order valence-electron chi connectivity index (χ2n) is 5.12. The van der Waals surface area contributed by atoms with E-state index in [-0.39, 0.29) is 10.5 Å². The van der Waals surface area contributed by atoms with Crippen LogP contribution in [-0.4, -0.2) is 40.3 Å². The van der Waals surface area contributed by atoms with Crippen LogP contribution in [0.15, 0.2) is 53.4 Å². The number of esters is 1. The number of ether oxygens (including phenoxy) is 2. The van der Waals surface area contributed by atoms with Crippen LogP contribution in [0.5, 0.6) is 5.75 Å². The van der Waals surface area contributed by atoms with Crippen molar-refractivity contribution < 1.29 is 27.5 Å². The van der Waals surface area contributed by atoms with Crippen molar-refractivity contribution in [1.29, 1.82) is 0 Å². The molecule has 0 saturated heterocycles. The number of methoxy groups -OCH3 is 1. The Balaban J connectivity index is 1.99. The minimum Gasteiger partial charge on any atom is -0.495 e. The lowest BCUT2D eigenvalue weighted by Crippen LogP contribution is -2.21. The first kappa shape index (κ1) is 18.5. The average molecular weight is 363 g/mol. The van der Waals surface area contributed by atoms with E-state index in [1.807, 2.05) is 0 Å². The van der Waals surface area contributed by atoms with Gasteiger partial charge in [-0.2, -0.15) is 0 Å². The Morgan fingerprint density at radius 1 is 1.08 bits per heavy atom. The highest BCUT2D eigenvalue weighted by Gasteiger charge is 2.14. The lowest BCUT2D eigenvalue weighted by molar-refractivity contribution is -0.119. The predicted molar refractivity (Wildman–Crippen MR) is 91.5 cm³/mol. The molecule has 0 atom stereocenters. The maximum Gasteiger partial charge on any atom is 0.338 e. The standard InChI is InChI=1S/C17H17NO6S/c1-23-15-9-4-3-8-14(15)18-16(19)11-24-17(20)12-6-5-7-13(10-12)25(2,21)22/h3-10H,11H2,1-2H3,(H,18,19). The maximum atomic E-state index is 12.0. The van der Waals surface area contributed by atoms with Gasteiger partial charge in [0.2, 0.25) is 0 Å². The van der Waals surface area contributed by atoms with Crippen LogP contribution < -0.4 is 10.1 Å². The number of para-hydroxylation sites is 2. The number of nitrogens with one attached hydrogen (secondary N) is 1. The Morgan fingerprint density at radius 2 is 1.80 bits per heavy atom. The number of benzene rings is 2. The molecule has 1 amide bonds. The van der Waals surface area contributed by atoms with Crippen molar-refractivity contribution >= 4 is 27.4 Å². The fourth-order valence-corrected chi connectivity index (χ4v) is 2.67. The van der Waals surface area contributed by atoms with Gasteiger partial charge < -0.3 is 14.8 Å². The van der Waals surface area contributed by atoms with E-state index in [4.69, 9.17) is 9.47 Å². The van der Waals surface area contributed by atoms with Gasteiger partial charge in [-0.1, -0.05) is 18.2 Å². The Labute approximate surface area is 145 Å². The van der Waals surface area contributed by atoms with Gasteiger partial charge in [0.1, 0.15) is 5.75 Å². The van der Waals surface area contributed by atoms with Crippen molar-refractivity contribution in [3.63, 3.8) is 0 Å². The molecule has 132 valence electrons. The van der Waals surface area contributed by atoms with Crippen LogP contribution in [0.25, 0.3) is 0 Å². The van der Waals surface area contributed by atoms with Crippen LogP contribution in [0.4, 0.5) is 5.69 Å². The molecule has 1 N–H and O–H groups in total. The van der Waals surface area contributed by atoms with Crippen LogP contribution in [0.1, 0.15) is 10.4 Å². The first-order valence-electron chi connectivity index (χ1n) is 7.21. The fraction of sp³-hybridized carbons (Fsp3) is 0.176. The summed E-state index contributed by atoms with van der Waals surface area (Å²) in [5.41, 5.74) is 0.498. The fourth-order valence-electron chi connectivity index (χ4n) is 2.00. The van der Waals surface area contributed by atoms with Crippen molar-refractivity contribution in [2.75, 3.05) is 25.3 Å². The third kappa shape index (κ3) is 5.05. The van der Waals surface area contributed by atoms with E-state index in [2.05, 4.69) is 5.32 Å². The molecule has 8 heteroatoms. The van der Waals surface area contributed by atoms with Crippen molar-refractivity contribution in [3.05, 3.63) is 54.1 Å². The largest absolute Gasteiger partial charge is 0.495 e. The summed E-state index contributed by atoms with van der Waals surface area (Å²) in [5.74, 6) is -0.860. The second kappa shape index (κ2) is 7.80. The number of carbonyl (C=O) groups excluding carboxylic acids is 2. The van der Waals surface area contributed by atoms with E-state index >= 15 is 0 Å². The van der Waals surface area contributed by atoms with Gasteiger partial charge in [0.15, 0.2) is 16.4 Å². The molecule has 0 aliphatic rings. The molecule has 2 aromatic rings. The first-order valence-corrected chi connectivity index (χ1v) is 9.10. The molecule has 7 nitrogen and oxygen atoms in total. The molecular weight excluding hydrogens is 346 g/mol. The lowest BCUT2D eigenvalue weighted by atomic mass is 10.2. The van der Waals surface area contributed by atoms with E-state index in [9.17, 15) is 18.0 Å². The number of anilines is 1. The normalized spacial score (nSPS) is 10.8. The maximum absolute atomic E-state index is 12.0. The Kier molecular flexibility index (Phi) is 5.76. The molecule has 0 spiro atoms. The number of sulfone groups is 1. The van der Waals surface area contributed by atoms with Crippen molar-refractivity contribution in [1.82, 2.24) is 0 Å². The zero-order chi connectivity index (χ0) is 18.4. The van der Waals surface area contributed by atoms with Crippen LogP contribution in [-0.2, 0) is 19.4 Å². The van der Waals surface area contributed by atoms with Gasteiger partial charge in [-0.25, -0.2) is 13.2 Å². The van der Waals surface area contributed by atoms with E-state index in [0.717, 1.165) is 6.26 Å². The Bertz CT molecular complexity index is 892. The number of rotatable bonds is 6. The van der Waals surface area contributed by atoms with Crippen LogP contribution in [0.3, 0.4) is 0 Å². The van der Waals surface area contributed by atoms with Crippen molar-refractivity contribution in [2.45, 2.75) is 4.90 Å². The molecule has 2 aromatic carbocycles. The third-order valence-electron chi connectivity index (χ3n) is 3.21. The highest BCUT2D eigenvalue weighted by atomic mass is 32.2.